The highest BCUT2D eigenvalue weighted by atomic mass is 35.5. The third-order valence-corrected chi connectivity index (χ3v) is 4.41. The first-order chi connectivity index (χ1) is 13.1. The van der Waals surface area contributed by atoms with Crippen LogP contribution < -0.4 is 0 Å². The number of allylic oxidation sites excluding steroid dienone is 1. The second kappa shape index (κ2) is 9.24. The first kappa shape index (κ1) is 22.0. The second-order valence-corrected chi connectivity index (χ2v) is 8.02. The largest absolute Gasteiger partial charge is 0.464 e. The normalized spacial score (nSPS) is 19.9. The van der Waals surface area contributed by atoms with E-state index in [4.69, 9.17) is 21.1 Å². The summed E-state index contributed by atoms with van der Waals surface area (Å²) in [4.78, 5) is 38.5. The maximum atomic E-state index is 12.8. The number of esters is 1. The molecule has 2 atom stereocenters. The van der Waals surface area contributed by atoms with Crippen molar-refractivity contribution in [1.29, 1.82) is 0 Å². The van der Waals surface area contributed by atoms with Crippen LogP contribution in [0.25, 0.3) is 6.08 Å². The molecule has 1 aliphatic rings. The number of rotatable bonds is 5. The molecule has 1 aromatic carbocycles. The van der Waals surface area contributed by atoms with Gasteiger partial charge in [-0.15, -0.1) is 0 Å². The Kier molecular flexibility index (Phi) is 7.24. The van der Waals surface area contributed by atoms with Crippen LogP contribution in [0.15, 0.2) is 30.3 Å². The number of imide groups is 1. The van der Waals surface area contributed by atoms with Gasteiger partial charge in [-0.05, 0) is 58.2 Å². The number of amides is 2. The molecule has 0 unspecified atom stereocenters. The Morgan fingerprint density at radius 2 is 1.89 bits per heavy atom. The van der Waals surface area contributed by atoms with Crippen LogP contribution in [0.2, 0.25) is 5.02 Å². The van der Waals surface area contributed by atoms with E-state index in [0.717, 1.165) is 10.5 Å². The van der Waals surface area contributed by atoms with Crippen molar-refractivity contribution >= 4 is 35.6 Å². The average Bonchev–Trinajstić information content (AvgIpc) is 2.92. The van der Waals surface area contributed by atoms with Crippen molar-refractivity contribution in [3.63, 3.8) is 0 Å². The van der Waals surface area contributed by atoms with Crippen LogP contribution in [-0.4, -0.2) is 41.1 Å². The summed E-state index contributed by atoms with van der Waals surface area (Å²) >= 11 is 5.87. The van der Waals surface area contributed by atoms with Gasteiger partial charge in [0.15, 0.2) is 0 Å². The number of carbonyl (C=O) groups excluding carboxylic acids is 3. The van der Waals surface area contributed by atoms with Crippen molar-refractivity contribution < 1.29 is 23.9 Å². The van der Waals surface area contributed by atoms with Crippen molar-refractivity contribution in [2.45, 2.75) is 52.2 Å². The second-order valence-electron chi connectivity index (χ2n) is 7.58. The number of benzene rings is 1. The highest BCUT2D eigenvalue weighted by Gasteiger charge is 2.48. The van der Waals surface area contributed by atoms with Crippen LogP contribution >= 0.6 is 11.6 Å². The summed E-state index contributed by atoms with van der Waals surface area (Å²) in [6.07, 6.45) is 3.52. The molecule has 0 bridgehead atoms. The average molecular weight is 408 g/mol. The number of ether oxygens (including phenoxy) is 2. The Bertz CT molecular complexity index is 751. The van der Waals surface area contributed by atoms with E-state index < -0.39 is 35.5 Å². The number of nitrogens with zero attached hydrogens (tertiary/aromatic N) is 1. The maximum absolute atomic E-state index is 12.8. The van der Waals surface area contributed by atoms with Gasteiger partial charge in [0.05, 0.1) is 6.61 Å². The van der Waals surface area contributed by atoms with Crippen molar-refractivity contribution in [3.8, 4) is 0 Å². The number of carbonyl (C=O) groups is 3. The molecule has 0 aliphatic carbocycles. The Morgan fingerprint density at radius 3 is 2.46 bits per heavy atom. The van der Waals surface area contributed by atoms with E-state index in [-0.39, 0.29) is 13.0 Å². The van der Waals surface area contributed by atoms with Crippen LogP contribution in [0.1, 0.15) is 46.1 Å². The van der Waals surface area contributed by atoms with E-state index in [1.807, 2.05) is 24.3 Å². The molecule has 6 nitrogen and oxygen atoms in total. The van der Waals surface area contributed by atoms with Crippen molar-refractivity contribution in [1.82, 2.24) is 4.90 Å². The summed E-state index contributed by atoms with van der Waals surface area (Å²) in [6.45, 7) is 6.97. The smallest absolute Gasteiger partial charge is 0.417 e. The quantitative estimate of drug-likeness (QED) is 0.674. The number of hydrogen-bond donors (Lipinski definition) is 0. The highest BCUT2D eigenvalue weighted by Crippen LogP contribution is 2.30. The minimum atomic E-state index is -0.962. The first-order valence-electron chi connectivity index (χ1n) is 9.27. The van der Waals surface area contributed by atoms with E-state index >= 15 is 0 Å². The lowest BCUT2D eigenvalue weighted by atomic mass is 10.0. The number of likely N-dealkylation sites (tertiary alicyclic amines) is 1. The zero-order valence-electron chi connectivity index (χ0n) is 16.6. The minimum Gasteiger partial charge on any atom is -0.464 e. The van der Waals surface area contributed by atoms with Gasteiger partial charge in [-0.25, -0.2) is 14.5 Å². The van der Waals surface area contributed by atoms with Crippen molar-refractivity contribution in [3.05, 3.63) is 40.9 Å². The fraction of sp³-hybridized carbons (Fsp3) is 0.476. The molecule has 1 aromatic rings. The molecule has 0 saturated carbocycles. The summed E-state index contributed by atoms with van der Waals surface area (Å²) in [5.74, 6) is -1.51. The van der Waals surface area contributed by atoms with Crippen molar-refractivity contribution in [2.24, 2.45) is 5.92 Å². The number of halogens is 1. The van der Waals surface area contributed by atoms with Gasteiger partial charge in [-0.3, -0.25) is 4.79 Å². The Hall–Kier alpha value is -2.34. The summed E-state index contributed by atoms with van der Waals surface area (Å²) in [6, 6.07) is 6.33. The lowest BCUT2D eigenvalue weighted by molar-refractivity contribution is -0.151. The highest BCUT2D eigenvalue weighted by molar-refractivity contribution is 6.30. The lowest BCUT2D eigenvalue weighted by Crippen LogP contribution is -2.46. The summed E-state index contributed by atoms with van der Waals surface area (Å²) < 4.78 is 10.4. The van der Waals surface area contributed by atoms with Gasteiger partial charge in [0, 0.05) is 10.9 Å². The molecule has 0 spiro atoms. The Morgan fingerprint density at radius 1 is 1.25 bits per heavy atom. The summed E-state index contributed by atoms with van der Waals surface area (Å²) in [5.41, 5.74) is 0.171. The Balaban J connectivity index is 2.13. The third-order valence-electron chi connectivity index (χ3n) is 4.16. The molecule has 0 aromatic heterocycles. The topological polar surface area (TPSA) is 72.9 Å². The molecule has 1 fully saturated rings. The fourth-order valence-electron chi connectivity index (χ4n) is 2.93. The number of hydrogen-bond acceptors (Lipinski definition) is 5. The van der Waals surface area contributed by atoms with Gasteiger partial charge in [-0.1, -0.05) is 35.9 Å². The minimum absolute atomic E-state index is 0.173. The van der Waals surface area contributed by atoms with Crippen LogP contribution in [0.4, 0.5) is 4.79 Å². The molecule has 1 heterocycles. The van der Waals surface area contributed by atoms with Gasteiger partial charge in [0.2, 0.25) is 5.91 Å². The van der Waals surface area contributed by atoms with Crippen molar-refractivity contribution in [2.75, 3.05) is 6.61 Å². The van der Waals surface area contributed by atoms with Crippen LogP contribution in [0, 0.1) is 5.92 Å². The monoisotopic (exact) mass is 407 g/mol. The molecule has 7 heteroatoms. The molecule has 0 radical (unpaired) electrons. The first-order valence-corrected chi connectivity index (χ1v) is 9.65. The van der Waals surface area contributed by atoms with E-state index in [1.165, 1.54) is 0 Å². The summed E-state index contributed by atoms with van der Waals surface area (Å²) in [5, 5.41) is 0.647. The van der Waals surface area contributed by atoms with Gasteiger partial charge < -0.3 is 9.47 Å². The molecule has 1 aliphatic heterocycles. The zero-order valence-corrected chi connectivity index (χ0v) is 17.4. The molecular weight excluding hydrogens is 382 g/mol. The Labute approximate surface area is 170 Å². The molecule has 1 saturated heterocycles. The fourth-order valence-corrected chi connectivity index (χ4v) is 3.06. The predicted molar refractivity (Wildman–Crippen MR) is 107 cm³/mol. The molecule has 0 N–H and O–H groups in total. The maximum Gasteiger partial charge on any atom is 0.417 e. The van der Waals surface area contributed by atoms with Gasteiger partial charge in [0.25, 0.3) is 0 Å². The molecule has 2 amide bonds. The van der Waals surface area contributed by atoms with Crippen LogP contribution in [-0.2, 0) is 19.1 Å². The predicted octanol–water partition coefficient (Wildman–Crippen LogP) is 4.46. The lowest BCUT2D eigenvalue weighted by Gasteiger charge is -2.26. The molecular formula is C21H26ClNO5. The van der Waals surface area contributed by atoms with Gasteiger partial charge >= 0.3 is 12.1 Å². The van der Waals surface area contributed by atoms with E-state index in [2.05, 4.69) is 0 Å². The van der Waals surface area contributed by atoms with Crippen LogP contribution in [0.5, 0.6) is 0 Å². The molecule has 152 valence electrons. The van der Waals surface area contributed by atoms with E-state index in [9.17, 15) is 14.4 Å². The SMILES string of the molecule is CCOC(=O)[C@@H]1C[C@@H](C/C=C/c2ccc(Cl)cc2)C(=O)N1C(=O)OC(C)(C)C. The zero-order chi connectivity index (χ0) is 20.9. The standard InChI is InChI=1S/C21H26ClNO5/c1-5-27-19(25)17-13-15(8-6-7-14-9-11-16(22)12-10-14)18(24)23(17)20(26)28-21(2,3)4/h6-7,9-12,15,17H,5,8,13H2,1-4H3/b7-6+/t15-,17+/m1/s1. The van der Waals surface area contributed by atoms with E-state index in [0.29, 0.717) is 11.4 Å². The summed E-state index contributed by atoms with van der Waals surface area (Å²) in [7, 11) is 0. The third kappa shape index (κ3) is 5.83. The molecule has 2 rings (SSSR count). The van der Waals surface area contributed by atoms with Crippen LogP contribution in [0.3, 0.4) is 0 Å². The van der Waals surface area contributed by atoms with Gasteiger partial charge in [0.1, 0.15) is 11.6 Å². The van der Waals surface area contributed by atoms with Gasteiger partial charge in [-0.2, -0.15) is 0 Å². The molecule has 28 heavy (non-hydrogen) atoms. The van der Waals surface area contributed by atoms with E-state index in [1.54, 1.807) is 39.8 Å².